The van der Waals surface area contributed by atoms with Gasteiger partial charge in [0.05, 0.1) is 22.4 Å². The van der Waals surface area contributed by atoms with Crippen LogP contribution in [0.1, 0.15) is 42.2 Å². The molecule has 2 amide bonds. The molecular formula is C16H13N3O5. The van der Waals surface area contributed by atoms with E-state index in [0.29, 0.717) is 11.1 Å². The van der Waals surface area contributed by atoms with Gasteiger partial charge in [0.1, 0.15) is 5.82 Å². The van der Waals surface area contributed by atoms with Gasteiger partial charge in [-0.3, -0.25) is 24.3 Å². The zero-order valence-corrected chi connectivity index (χ0v) is 12.8. The third-order valence-electron chi connectivity index (χ3n) is 3.98. The first-order valence-corrected chi connectivity index (χ1v) is 6.99. The lowest BCUT2D eigenvalue weighted by atomic mass is 10.0. The van der Waals surface area contributed by atoms with E-state index in [1.165, 1.54) is 0 Å². The monoisotopic (exact) mass is 327 g/mol. The highest BCUT2D eigenvalue weighted by molar-refractivity contribution is 6.23. The summed E-state index contributed by atoms with van der Waals surface area (Å²) in [4.78, 5) is 47.8. The molecular weight excluding hydrogens is 314 g/mol. The van der Waals surface area contributed by atoms with Crippen molar-refractivity contribution < 1.29 is 19.5 Å². The molecule has 1 aliphatic heterocycles. The third-order valence-corrected chi connectivity index (χ3v) is 3.98. The molecule has 0 fully saturated rings. The molecule has 2 heterocycles. The van der Waals surface area contributed by atoms with Crippen molar-refractivity contribution in [1.29, 1.82) is 0 Å². The highest BCUT2D eigenvalue weighted by Gasteiger charge is 2.33. The number of fused-ring (bicyclic) bond motifs is 1. The van der Waals surface area contributed by atoms with Gasteiger partial charge < -0.3 is 10.8 Å². The number of carbonyl (C=O) groups is 3. The van der Waals surface area contributed by atoms with Gasteiger partial charge in [-0.25, -0.2) is 4.79 Å². The number of anilines is 1. The lowest BCUT2D eigenvalue weighted by Gasteiger charge is -2.17. The number of hydrogen-bond donors (Lipinski definition) is 3. The minimum Gasteiger partial charge on any atom is -0.478 e. The van der Waals surface area contributed by atoms with Crippen molar-refractivity contribution in [3.63, 3.8) is 0 Å². The van der Waals surface area contributed by atoms with Gasteiger partial charge in [-0.15, -0.1) is 0 Å². The number of aromatic carboxylic acids is 1. The van der Waals surface area contributed by atoms with Crippen molar-refractivity contribution in [3.05, 3.63) is 56.4 Å². The normalized spacial score (nSPS) is 12.9. The largest absolute Gasteiger partial charge is 0.478 e. The highest BCUT2D eigenvalue weighted by atomic mass is 16.4. The minimum atomic E-state index is -1.22. The second kappa shape index (κ2) is 5.05. The van der Waals surface area contributed by atoms with Crippen molar-refractivity contribution in [2.75, 3.05) is 5.73 Å². The molecule has 0 bridgehead atoms. The Balaban J connectivity index is 2.47. The van der Waals surface area contributed by atoms with Crippen LogP contribution < -0.4 is 16.6 Å². The standard InChI is InChI=1S/C16H13N3O5/c1-6-3-4-7(2)12(10(6)16(23)24)19-9(20)5-8-11(13(19)17)15(22)18-14(8)21/h3-5H,17H2,1-2H3,(H,23,24)(H,18,21,22). The van der Waals surface area contributed by atoms with E-state index in [1.54, 1.807) is 26.0 Å². The maximum atomic E-state index is 12.5. The van der Waals surface area contributed by atoms with Crippen LogP contribution >= 0.6 is 0 Å². The van der Waals surface area contributed by atoms with Crippen LogP contribution in [0, 0.1) is 13.8 Å². The highest BCUT2D eigenvalue weighted by Crippen LogP contribution is 2.28. The Kier molecular flexibility index (Phi) is 3.26. The average Bonchev–Trinajstić information content (AvgIpc) is 2.76. The predicted molar refractivity (Wildman–Crippen MR) is 84.7 cm³/mol. The SMILES string of the molecule is Cc1ccc(C)c(-n2c(N)c3c(cc2=O)C(=O)NC3=O)c1C(=O)O. The van der Waals surface area contributed by atoms with E-state index in [9.17, 15) is 24.3 Å². The van der Waals surface area contributed by atoms with Crippen LogP contribution in [0.4, 0.5) is 5.82 Å². The molecule has 24 heavy (non-hydrogen) atoms. The number of benzene rings is 1. The number of carboxylic acids is 1. The van der Waals surface area contributed by atoms with Crippen molar-refractivity contribution in [2.45, 2.75) is 13.8 Å². The molecule has 0 spiro atoms. The van der Waals surface area contributed by atoms with E-state index in [1.807, 2.05) is 0 Å². The van der Waals surface area contributed by atoms with Gasteiger partial charge in [0.15, 0.2) is 0 Å². The second-order valence-corrected chi connectivity index (χ2v) is 5.50. The first kappa shape index (κ1) is 15.5. The Hall–Kier alpha value is -3.42. The molecule has 3 rings (SSSR count). The van der Waals surface area contributed by atoms with Crippen LogP contribution in [-0.2, 0) is 0 Å². The maximum Gasteiger partial charge on any atom is 0.338 e. The van der Waals surface area contributed by atoms with Gasteiger partial charge in [0.2, 0.25) is 0 Å². The molecule has 2 aromatic rings. The summed E-state index contributed by atoms with van der Waals surface area (Å²) in [6.45, 7) is 3.22. The van der Waals surface area contributed by atoms with Crippen LogP contribution in [0.2, 0.25) is 0 Å². The van der Waals surface area contributed by atoms with Gasteiger partial charge in [0, 0.05) is 6.07 Å². The Bertz CT molecular complexity index is 1000. The number of carboxylic acid groups (broad SMARTS) is 1. The first-order valence-electron chi connectivity index (χ1n) is 6.99. The molecule has 0 aliphatic carbocycles. The summed E-state index contributed by atoms with van der Waals surface area (Å²) in [6.07, 6.45) is 0. The third kappa shape index (κ3) is 2.00. The summed E-state index contributed by atoms with van der Waals surface area (Å²) in [5, 5.41) is 11.6. The Labute approximate surface area is 135 Å². The molecule has 8 heteroatoms. The second-order valence-electron chi connectivity index (χ2n) is 5.50. The van der Waals surface area contributed by atoms with E-state index >= 15 is 0 Å². The summed E-state index contributed by atoms with van der Waals surface area (Å²) in [6, 6.07) is 4.26. The lowest BCUT2D eigenvalue weighted by Crippen LogP contribution is -2.26. The fourth-order valence-corrected chi connectivity index (χ4v) is 2.86. The zero-order chi connectivity index (χ0) is 17.8. The van der Waals surface area contributed by atoms with Gasteiger partial charge in [-0.05, 0) is 25.0 Å². The predicted octanol–water partition coefficient (Wildman–Crippen LogP) is 0.618. The van der Waals surface area contributed by atoms with Crippen LogP contribution in [0.3, 0.4) is 0 Å². The number of nitrogen functional groups attached to an aromatic ring is 1. The van der Waals surface area contributed by atoms with Gasteiger partial charge in [0.25, 0.3) is 17.4 Å². The first-order chi connectivity index (χ1) is 11.2. The molecule has 4 N–H and O–H groups in total. The number of carbonyl (C=O) groups excluding carboxylic acids is 2. The van der Waals surface area contributed by atoms with E-state index in [0.717, 1.165) is 10.6 Å². The molecule has 0 saturated carbocycles. The van der Waals surface area contributed by atoms with Gasteiger partial charge >= 0.3 is 5.97 Å². The summed E-state index contributed by atoms with van der Waals surface area (Å²) in [7, 11) is 0. The lowest BCUT2D eigenvalue weighted by molar-refractivity contribution is 0.0695. The molecule has 1 aliphatic rings. The van der Waals surface area contributed by atoms with Crippen molar-refractivity contribution in [3.8, 4) is 5.69 Å². The molecule has 0 unspecified atom stereocenters. The summed E-state index contributed by atoms with van der Waals surface area (Å²) in [5.74, 6) is -2.91. The molecule has 8 nitrogen and oxygen atoms in total. The molecule has 0 atom stereocenters. The van der Waals surface area contributed by atoms with Crippen LogP contribution in [-0.4, -0.2) is 27.5 Å². The van der Waals surface area contributed by atoms with Crippen molar-refractivity contribution in [1.82, 2.24) is 9.88 Å². The summed E-state index contributed by atoms with van der Waals surface area (Å²) < 4.78 is 0.961. The van der Waals surface area contributed by atoms with Gasteiger partial charge in [-0.2, -0.15) is 0 Å². The molecule has 0 saturated heterocycles. The number of pyridine rings is 1. The van der Waals surface area contributed by atoms with Crippen molar-refractivity contribution >= 4 is 23.6 Å². The molecule has 122 valence electrons. The number of hydrogen-bond acceptors (Lipinski definition) is 5. The fraction of sp³-hybridized carbons (Fsp3) is 0.125. The van der Waals surface area contributed by atoms with Crippen LogP contribution in [0.5, 0.6) is 0 Å². The van der Waals surface area contributed by atoms with Crippen LogP contribution in [0.15, 0.2) is 23.0 Å². The maximum absolute atomic E-state index is 12.5. The Morgan fingerprint density at radius 1 is 1.12 bits per heavy atom. The van der Waals surface area contributed by atoms with E-state index in [2.05, 4.69) is 5.32 Å². The fourth-order valence-electron chi connectivity index (χ4n) is 2.86. The number of nitrogens with zero attached hydrogens (tertiary/aromatic N) is 1. The van der Waals surface area contributed by atoms with Crippen LogP contribution in [0.25, 0.3) is 5.69 Å². The smallest absolute Gasteiger partial charge is 0.338 e. The van der Waals surface area contributed by atoms with E-state index in [-0.39, 0.29) is 28.2 Å². The summed E-state index contributed by atoms with van der Waals surface area (Å²) >= 11 is 0. The zero-order valence-electron chi connectivity index (χ0n) is 12.8. The summed E-state index contributed by atoms with van der Waals surface area (Å²) in [5.41, 5.74) is 5.97. The number of amides is 2. The number of aryl methyl sites for hydroxylation is 2. The van der Waals surface area contributed by atoms with Crippen molar-refractivity contribution in [2.24, 2.45) is 0 Å². The number of rotatable bonds is 2. The molecule has 1 aromatic heterocycles. The van der Waals surface area contributed by atoms with E-state index < -0.39 is 23.3 Å². The molecule has 0 radical (unpaired) electrons. The minimum absolute atomic E-state index is 0.0833. The number of nitrogens with two attached hydrogens (primary N) is 1. The quantitative estimate of drug-likeness (QED) is 0.693. The Morgan fingerprint density at radius 3 is 2.38 bits per heavy atom. The van der Waals surface area contributed by atoms with E-state index in [4.69, 9.17) is 5.73 Å². The number of imide groups is 1. The topological polar surface area (TPSA) is 131 Å². The molecule has 1 aromatic carbocycles. The average molecular weight is 327 g/mol. The number of nitrogens with one attached hydrogen (secondary N) is 1. The van der Waals surface area contributed by atoms with Gasteiger partial charge in [-0.1, -0.05) is 12.1 Å². The number of aromatic nitrogens is 1. The Morgan fingerprint density at radius 2 is 1.75 bits per heavy atom.